The Morgan fingerprint density at radius 2 is 2.12 bits per heavy atom. The Labute approximate surface area is 103 Å². The lowest BCUT2D eigenvalue weighted by Crippen LogP contribution is -2.10. The third-order valence-electron chi connectivity index (χ3n) is 2.59. The highest BCUT2D eigenvalue weighted by Gasteiger charge is 2.11. The van der Waals surface area contributed by atoms with Crippen LogP contribution in [0.3, 0.4) is 0 Å². The van der Waals surface area contributed by atoms with Gasteiger partial charge in [-0.15, -0.1) is 0 Å². The number of ether oxygens (including phenoxy) is 1. The summed E-state index contributed by atoms with van der Waals surface area (Å²) in [4.78, 5) is 11.8. The summed E-state index contributed by atoms with van der Waals surface area (Å²) in [5, 5.41) is 0. The normalized spacial score (nSPS) is 10.6. The fourth-order valence-corrected chi connectivity index (χ4v) is 1.58. The fraction of sp³-hybridized carbons (Fsp3) is 0.500. The Morgan fingerprint density at radius 3 is 2.76 bits per heavy atom. The number of benzene rings is 1. The molecule has 0 aromatic heterocycles. The van der Waals surface area contributed by atoms with E-state index in [0.29, 0.717) is 23.8 Å². The molecule has 0 aliphatic heterocycles. The van der Waals surface area contributed by atoms with Gasteiger partial charge in [0.15, 0.2) is 0 Å². The SMILES string of the molecule is Cc1ccc(N)c(C(=O)OCCCC(C)C)c1. The average Bonchev–Trinajstić information content (AvgIpc) is 2.27. The van der Waals surface area contributed by atoms with Gasteiger partial charge in [0.05, 0.1) is 12.2 Å². The number of esters is 1. The van der Waals surface area contributed by atoms with E-state index >= 15 is 0 Å². The van der Waals surface area contributed by atoms with Crippen molar-refractivity contribution in [1.82, 2.24) is 0 Å². The predicted octanol–water partition coefficient (Wildman–Crippen LogP) is 3.17. The summed E-state index contributed by atoms with van der Waals surface area (Å²) in [5.41, 5.74) is 7.69. The number of nitrogen functional groups attached to an aromatic ring is 1. The van der Waals surface area contributed by atoms with Gasteiger partial charge >= 0.3 is 5.97 Å². The first-order chi connectivity index (χ1) is 8.00. The van der Waals surface area contributed by atoms with Crippen LogP contribution in [-0.2, 0) is 4.74 Å². The first kappa shape index (κ1) is 13.6. The lowest BCUT2D eigenvalue weighted by molar-refractivity contribution is 0.0496. The van der Waals surface area contributed by atoms with Gasteiger partial charge in [0.2, 0.25) is 0 Å². The highest BCUT2D eigenvalue weighted by atomic mass is 16.5. The first-order valence-electron chi connectivity index (χ1n) is 6.04. The van der Waals surface area contributed by atoms with Gasteiger partial charge in [-0.05, 0) is 37.8 Å². The van der Waals surface area contributed by atoms with E-state index in [9.17, 15) is 4.79 Å². The average molecular weight is 235 g/mol. The molecule has 0 spiro atoms. The Kier molecular flexibility index (Phi) is 5.01. The molecule has 1 aromatic carbocycles. The molecule has 0 bridgehead atoms. The van der Waals surface area contributed by atoms with Gasteiger partial charge in [0.25, 0.3) is 0 Å². The summed E-state index contributed by atoms with van der Waals surface area (Å²) < 4.78 is 5.20. The minimum atomic E-state index is -0.324. The molecule has 0 radical (unpaired) electrons. The first-order valence-corrected chi connectivity index (χ1v) is 6.04. The van der Waals surface area contributed by atoms with E-state index in [1.54, 1.807) is 12.1 Å². The molecule has 0 amide bonds. The molecular formula is C14H21NO2. The number of hydrogen-bond acceptors (Lipinski definition) is 3. The number of rotatable bonds is 5. The second-order valence-corrected chi connectivity index (χ2v) is 4.76. The van der Waals surface area contributed by atoms with E-state index in [4.69, 9.17) is 10.5 Å². The lowest BCUT2D eigenvalue weighted by Gasteiger charge is -2.08. The highest BCUT2D eigenvalue weighted by Crippen LogP contribution is 2.15. The highest BCUT2D eigenvalue weighted by molar-refractivity contribution is 5.95. The molecule has 0 aliphatic carbocycles. The van der Waals surface area contributed by atoms with Crippen molar-refractivity contribution in [2.24, 2.45) is 5.92 Å². The summed E-state index contributed by atoms with van der Waals surface area (Å²) in [7, 11) is 0. The molecule has 0 atom stereocenters. The second-order valence-electron chi connectivity index (χ2n) is 4.76. The van der Waals surface area contributed by atoms with Crippen LogP contribution < -0.4 is 5.73 Å². The quantitative estimate of drug-likeness (QED) is 0.484. The zero-order valence-electron chi connectivity index (χ0n) is 10.8. The number of aryl methyl sites for hydroxylation is 1. The van der Waals surface area contributed by atoms with Gasteiger partial charge in [0, 0.05) is 5.69 Å². The standard InChI is InChI=1S/C14H21NO2/c1-10(2)5-4-8-17-14(16)12-9-11(3)6-7-13(12)15/h6-7,9-10H,4-5,8,15H2,1-3H3. The molecule has 3 heteroatoms. The Morgan fingerprint density at radius 1 is 1.41 bits per heavy atom. The number of anilines is 1. The van der Waals surface area contributed by atoms with Crippen molar-refractivity contribution in [2.75, 3.05) is 12.3 Å². The molecule has 94 valence electrons. The molecule has 1 aromatic rings. The van der Waals surface area contributed by atoms with Gasteiger partial charge in [-0.2, -0.15) is 0 Å². The van der Waals surface area contributed by atoms with Crippen molar-refractivity contribution in [3.05, 3.63) is 29.3 Å². The summed E-state index contributed by atoms with van der Waals surface area (Å²) in [6.07, 6.45) is 1.96. The van der Waals surface area contributed by atoms with Crippen LogP contribution in [0.5, 0.6) is 0 Å². The van der Waals surface area contributed by atoms with Crippen molar-refractivity contribution in [1.29, 1.82) is 0 Å². The topological polar surface area (TPSA) is 52.3 Å². The van der Waals surface area contributed by atoms with Crippen molar-refractivity contribution >= 4 is 11.7 Å². The van der Waals surface area contributed by atoms with E-state index in [-0.39, 0.29) is 5.97 Å². The maximum absolute atomic E-state index is 11.8. The van der Waals surface area contributed by atoms with Crippen LogP contribution in [0.4, 0.5) is 5.69 Å². The minimum absolute atomic E-state index is 0.324. The molecule has 0 fully saturated rings. The Balaban J connectivity index is 2.49. The van der Waals surface area contributed by atoms with Crippen molar-refractivity contribution in [3.8, 4) is 0 Å². The number of hydrogen-bond donors (Lipinski definition) is 1. The third kappa shape index (κ3) is 4.47. The number of nitrogens with two attached hydrogens (primary N) is 1. The molecule has 0 saturated carbocycles. The molecule has 0 saturated heterocycles. The smallest absolute Gasteiger partial charge is 0.340 e. The van der Waals surface area contributed by atoms with Crippen LogP contribution in [0.1, 0.15) is 42.6 Å². The summed E-state index contributed by atoms with van der Waals surface area (Å²) >= 11 is 0. The van der Waals surface area contributed by atoms with Gasteiger partial charge in [-0.25, -0.2) is 4.79 Å². The lowest BCUT2D eigenvalue weighted by atomic mass is 10.1. The molecule has 3 nitrogen and oxygen atoms in total. The van der Waals surface area contributed by atoms with Crippen LogP contribution >= 0.6 is 0 Å². The molecule has 1 rings (SSSR count). The van der Waals surface area contributed by atoms with E-state index in [1.165, 1.54) is 0 Å². The van der Waals surface area contributed by atoms with Crippen LogP contribution in [0.25, 0.3) is 0 Å². The van der Waals surface area contributed by atoms with Gasteiger partial charge in [0.1, 0.15) is 0 Å². The second kappa shape index (κ2) is 6.28. The van der Waals surface area contributed by atoms with Crippen molar-refractivity contribution < 1.29 is 9.53 Å². The maximum atomic E-state index is 11.8. The number of carbonyl (C=O) groups excluding carboxylic acids is 1. The van der Waals surface area contributed by atoms with Gasteiger partial charge < -0.3 is 10.5 Å². The van der Waals surface area contributed by atoms with Crippen LogP contribution in [-0.4, -0.2) is 12.6 Å². The molecule has 0 heterocycles. The molecule has 0 aliphatic rings. The number of carbonyl (C=O) groups is 1. The van der Waals surface area contributed by atoms with E-state index in [0.717, 1.165) is 18.4 Å². The van der Waals surface area contributed by atoms with Gasteiger partial charge in [-0.1, -0.05) is 25.5 Å². The van der Waals surface area contributed by atoms with Gasteiger partial charge in [-0.3, -0.25) is 0 Å². The van der Waals surface area contributed by atoms with Crippen LogP contribution in [0.15, 0.2) is 18.2 Å². The summed E-state index contributed by atoms with van der Waals surface area (Å²) in [6.45, 7) is 6.69. The molecule has 0 unspecified atom stereocenters. The molecule has 17 heavy (non-hydrogen) atoms. The summed E-state index contributed by atoms with van der Waals surface area (Å²) in [5.74, 6) is 0.313. The zero-order chi connectivity index (χ0) is 12.8. The van der Waals surface area contributed by atoms with Crippen molar-refractivity contribution in [3.63, 3.8) is 0 Å². The molecule has 2 N–H and O–H groups in total. The molecular weight excluding hydrogens is 214 g/mol. The van der Waals surface area contributed by atoms with E-state index < -0.39 is 0 Å². The van der Waals surface area contributed by atoms with E-state index in [2.05, 4.69) is 13.8 Å². The van der Waals surface area contributed by atoms with Crippen LogP contribution in [0.2, 0.25) is 0 Å². The third-order valence-corrected chi connectivity index (χ3v) is 2.59. The largest absolute Gasteiger partial charge is 0.462 e. The predicted molar refractivity (Wildman–Crippen MR) is 69.9 cm³/mol. The summed E-state index contributed by atoms with van der Waals surface area (Å²) in [6, 6.07) is 5.38. The minimum Gasteiger partial charge on any atom is -0.462 e. The zero-order valence-corrected chi connectivity index (χ0v) is 10.8. The fourth-order valence-electron chi connectivity index (χ4n) is 1.58. The Hall–Kier alpha value is -1.51. The monoisotopic (exact) mass is 235 g/mol. The Bertz CT molecular complexity index is 386. The maximum Gasteiger partial charge on any atom is 0.340 e. The van der Waals surface area contributed by atoms with Crippen molar-refractivity contribution in [2.45, 2.75) is 33.6 Å². The van der Waals surface area contributed by atoms with Crippen LogP contribution in [0, 0.1) is 12.8 Å². The van der Waals surface area contributed by atoms with E-state index in [1.807, 2.05) is 13.0 Å².